The lowest BCUT2D eigenvalue weighted by molar-refractivity contribution is 0.102. The van der Waals surface area contributed by atoms with Crippen LogP contribution in [0.25, 0.3) is 10.9 Å². The van der Waals surface area contributed by atoms with Crippen LogP contribution in [0, 0.1) is 5.41 Å². The van der Waals surface area contributed by atoms with Gasteiger partial charge in [0.05, 0.1) is 11.2 Å². The molecule has 0 radical (unpaired) electrons. The number of hydrogen-bond donors (Lipinski definition) is 1. The van der Waals surface area contributed by atoms with E-state index in [1.54, 1.807) is 0 Å². The minimum atomic E-state index is 0.562. The van der Waals surface area contributed by atoms with Crippen molar-refractivity contribution in [1.29, 1.82) is 0 Å². The molecule has 2 heterocycles. The van der Waals surface area contributed by atoms with Gasteiger partial charge in [0.2, 0.25) is 0 Å². The highest BCUT2D eigenvalue weighted by molar-refractivity contribution is 5.94. The SMILES string of the molecule is Nc1cn2c3c(cccc13)CC1(CCC1)C2. The second-order valence-electron chi connectivity index (χ2n) is 5.56. The Bertz CT molecular complexity index is 576. The Hall–Kier alpha value is -1.44. The first-order chi connectivity index (χ1) is 7.77. The third-order valence-corrected chi connectivity index (χ3v) is 4.50. The van der Waals surface area contributed by atoms with Crippen LogP contribution in [0.1, 0.15) is 24.8 Å². The van der Waals surface area contributed by atoms with Crippen molar-refractivity contribution in [1.82, 2.24) is 4.57 Å². The Morgan fingerprint density at radius 1 is 1.25 bits per heavy atom. The number of hydrogen-bond acceptors (Lipinski definition) is 1. The highest BCUT2D eigenvalue weighted by Gasteiger charge is 2.40. The topological polar surface area (TPSA) is 30.9 Å². The number of nitrogens with two attached hydrogens (primary N) is 1. The molecule has 1 saturated carbocycles. The van der Waals surface area contributed by atoms with E-state index in [-0.39, 0.29) is 0 Å². The van der Waals surface area contributed by atoms with E-state index in [2.05, 4.69) is 29.0 Å². The molecule has 0 atom stereocenters. The molecule has 1 spiro atoms. The van der Waals surface area contributed by atoms with Gasteiger partial charge in [-0.05, 0) is 30.2 Å². The maximum Gasteiger partial charge on any atom is 0.0574 e. The van der Waals surface area contributed by atoms with Crippen molar-refractivity contribution in [3.8, 4) is 0 Å². The van der Waals surface area contributed by atoms with Gasteiger partial charge in [0.15, 0.2) is 0 Å². The first-order valence-corrected chi connectivity index (χ1v) is 6.14. The monoisotopic (exact) mass is 212 g/mol. The van der Waals surface area contributed by atoms with Crippen molar-refractivity contribution in [2.24, 2.45) is 5.41 Å². The Balaban J connectivity index is 2.00. The summed E-state index contributed by atoms with van der Waals surface area (Å²) in [4.78, 5) is 0. The van der Waals surface area contributed by atoms with E-state index in [0.717, 1.165) is 5.69 Å². The predicted molar refractivity (Wildman–Crippen MR) is 66.3 cm³/mol. The Morgan fingerprint density at radius 2 is 2.12 bits per heavy atom. The molecule has 1 aliphatic carbocycles. The summed E-state index contributed by atoms with van der Waals surface area (Å²) in [5.41, 5.74) is 10.5. The third-order valence-electron chi connectivity index (χ3n) is 4.50. The van der Waals surface area contributed by atoms with Gasteiger partial charge >= 0.3 is 0 Å². The zero-order valence-electron chi connectivity index (χ0n) is 9.37. The molecule has 82 valence electrons. The number of aromatic nitrogens is 1. The van der Waals surface area contributed by atoms with Gasteiger partial charge in [-0.25, -0.2) is 0 Å². The molecule has 0 amide bonds. The second kappa shape index (κ2) is 2.62. The van der Waals surface area contributed by atoms with Crippen molar-refractivity contribution in [3.05, 3.63) is 30.0 Å². The van der Waals surface area contributed by atoms with E-state index in [0.29, 0.717) is 5.41 Å². The molecule has 0 bridgehead atoms. The average molecular weight is 212 g/mol. The molecule has 2 aromatic rings. The zero-order valence-corrected chi connectivity index (χ0v) is 9.37. The maximum absolute atomic E-state index is 6.08. The number of benzene rings is 1. The molecule has 4 rings (SSSR count). The summed E-state index contributed by atoms with van der Waals surface area (Å²) in [6, 6.07) is 6.57. The molecule has 0 saturated heterocycles. The van der Waals surface area contributed by atoms with Gasteiger partial charge < -0.3 is 10.3 Å². The first kappa shape index (κ1) is 8.68. The highest BCUT2D eigenvalue weighted by Crippen LogP contribution is 2.49. The van der Waals surface area contributed by atoms with E-state index in [1.807, 2.05) is 0 Å². The largest absolute Gasteiger partial charge is 0.397 e. The minimum Gasteiger partial charge on any atom is -0.397 e. The van der Waals surface area contributed by atoms with Crippen LogP contribution in [0.2, 0.25) is 0 Å². The van der Waals surface area contributed by atoms with Crippen LogP contribution < -0.4 is 5.73 Å². The molecule has 2 nitrogen and oxygen atoms in total. The summed E-state index contributed by atoms with van der Waals surface area (Å²) in [7, 11) is 0. The molecule has 1 aromatic carbocycles. The fraction of sp³-hybridized carbons (Fsp3) is 0.429. The molecule has 1 aromatic heterocycles. The number of para-hydroxylation sites is 1. The third kappa shape index (κ3) is 0.927. The average Bonchev–Trinajstić information content (AvgIpc) is 2.55. The normalized spacial score (nSPS) is 21.2. The number of nitrogen functional groups attached to an aromatic ring is 1. The predicted octanol–water partition coefficient (Wildman–Crippen LogP) is 2.95. The maximum atomic E-state index is 6.08. The van der Waals surface area contributed by atoms with Gasteiger partial charge in [-0.3, -0.25) is 0 Å². The van der Waals surface area contributed by atoms with E-state index < -0.39 is 0 Å². The lowest BCUT2D eigenvalue weighted by Gasteiger charge is -2.45. The summed E-state index contributed by atoms with van der Waals surface area (Å²) >= 11 is 0. The van der Waals surface area contributed by atoms with Crippen LogP contribution in [0.3, 0.4) is 0 Å². The van der Waals surface area contributed by atoms with Crippen molar-refractivity contribution in [2.75, 3.05) is 5.73 Å². The first-order valence-electron chi connectivity index (χ1n) is 6.14. The molecule has 2 N–H and O–H groups in total. The quantitative estimate of drug-likeness (QED) is 0.715. The van der Waals surface area contributed by atoms with Crippen molar-refractivity contribution in [3.63, 3.8) is 0 Å². The molecule has 1 fully saturated rings. The van der Waals surface area contributed by atoms with E-state index in [1.165, 1.54) is 48.7 Å². The van der Waals surface area contributed by atoms with Crippen LogP contribution >= 0.6 is 0 Å². The van der Waals surface area contributed by atoms with Crippen LogP contribution in [0.4, 0.5) is 5.69 Å². The molecular weight excluding hydrogens is 196 g/mol. The molecule has 0 unspecified atom stereocenters. The smallest absolute Gasteiger partial charge is 0.0574 e. The summed E-state index contributed by atoms with van der Waals surface area (Å²) < 4.78 is 2.39. The standard InChI is InChI=1S/C14H16N2/c15-12-8-16-9-14(5-2-6-14)7-10-3-1-4-11(12)13(10)16/h1,3-4,8H,2,5-7,9,15H2. The van der Waals surface area contributed by atoms with Crippen LogP contribution in [0.5, 0.6) is 0 Å². The van der Waals surface area contributed by atoms with Gasteiger partial charge in [0, 0.05) is 18.1 Å². The van der Waals surface area contributed by atoms with E-state index in [9.17, 15) is 0 Å². The van der Waals surface area contributed by atoms with Gasteiger partial charge in [0.25, 0.3) is 0 Å². The van der Waals surface area contributed by atoms with E-state index in [4.69, 9.17) is 5.73 Å². The van der Waals surface area contributed by atoms with E-state index >= 15 is 0 Å². The van der Waals surface area contributed by atoms with Crippen LogP contribution in [0.15, 0.2) is 24.4 Å². The van der Waals surface area contributed by atoms with Crippen molar-refractivity contribution in [2.45, 2.75) is 32.2 Å². The van der Waals surface area contributed by atoms with Gasteiger partial charge in [-0.1, -0.05) is 24.6 Å². The number of nitrogens with zero attached hydrogens (tertiary/aromatic N) is 1. The molecule has 16 heavy (non-hydrogen) atoms. The fourth-order valence-electron chi connectivity index (χ4n) is 3.57. The number of rotatable bonds is 0. The fourth-order valence-corrected chi connectivity index (χ4v) is 3.57. The minimum absolute atomic E-state index is 0.562. The summed E-state index contributed by atoms with van der Waals surface area (Å²) in [6.07, 6.45) is 7.57. The lowest BCUT2D eigenvalue weighted by Crippen LogP contribution is -2.38. The molecular formula is C14H16N2. The number of anilines is 1. The van der Waals surface area contributed by atoms with Crippen molar-refractivity contribution < 1.29 is 0 Å². The lowest BCUT2D eigenvalue weighted by atomic mass is 9.64. The zero-order chi connectivity index (χ0) is 10.8. The van der Waals surface area contributed by atoms with Gasteiger partial charge in [0.1, 0.15) is 0 Å². The van der Waals surface area contributed by atoms with Crippen LogP contribution in [-0.2, 0) is 13.0 Å². The Kier molecular flexibility index (Phi) is 1.42. The summed E-state index contributed by atoms with van der Waals surface area (Å²) in [5.74, 6) is 0. The Morgan fingerprint density at radius 3 is 2.88 bits per heavy atom. The summed E-state index contributed by atoms with van der Waals surface area (Å²) in [6.45, 7) is 1.18. The van der Waals surface area contributed by atoms with Gasteiger partial charge in [-0.15, -0.1) is 0 Å². The molecule has 2 aliphatic rings. The molecule has 2 heteroatoms. The Labute approximate surface area is 95.1 Å². The summed E-state index contributed by atoms with van der Waals surface area (Å²) in [5, 5.41) is 1.24. The highest BCUT2D eigenvalue weighted by atomic mass is 15.0. The molecule has 1 aliphatic heterocycles. The van der Waals surface area contributed by atoms with Gasteiger partial charge in [-0.2, -0.15) is 0 Å². The second-order valence-corrected chi connectivity index (χ2v) is 5.56. The van der Waals surface area contributed by atoms with Crippen molar-refractivity contribution >= 4 is 16.6 Å². The van der Waals surface area contributed by atoms with Crippen LogP contribution in [-0.4, -0.2) is 4.57 Å².